The standard InChI is InChI=1S/C22H22N4O3/c1-2-26(13-19-24-18-6-4-3-5-17(18)21(28)25-19)22(29)15-9-11-16(12-10-15)23-20(27)14-7-8-14/h3-6,9-12,14H,2,7-8,13H2,1H3,(H,23,27)(H,24,25,28). The van der Waals surface area contributed by atoms with Gasteiger partial charge in [0.1, 0.15) is 5.82 Å². The van der Waals surface area contributed by atoms with Gasteiger partial charge in [-0.3, -0.25) is 14.4 Å². The van der Waals surface area contributed by atoms with Gasteiger partial charge in [-0.1, -0.05) is 12.1 Å². The lowest BCUT2D eigenvalue weighted by Crippen LogP contribution is -2.32. The summed E-state index contributed by atoms with van der Waals surface area (Å²) < 4.78 is 0. The summed E-state index contributed by atoms with van der Waals surface area (Å²) in [4.78, 5) is 45.9. The Labute approximate surface area is 167 Å². The summed E-state index contributed by atoms with van der Waals surface area (Å²) in [5.74, 6) is 0.440. The zero-order valence-electron chi connectivity index (χ0n) is 16.1. The molecule has 2 N–H and O–H groups in total. The van der Waals surface area contributed by atoms with Gasteiger partial charge in [-0.15, -0.1) is 0 Å². The number of anilines is 1. The second-order valence-corrected chi connectivity index (χ2v) is 7.19. The van der Waals surface area contributed by atoms with Crippen LogP contribution in [0.5, 0.6) is 0 Å². The smallest absolute Gasteiger partial charge is 0.258 e. The monoisotopic (exact) mass is 390 g/mol. The molecule has 0 atom stereocenters. The third-order valence-corrected chi connectivity index (χ3v) is 5.02. The average molecular weight is 390 g/mol. The van der Waals surface area contributed by atoms with Crippen molar-refractivity contribution < 1.29 is 9.59 Å². The lowest BCUT2D eigenvalue weighted by Gasteiger charge is -2.20. The van der Waals surface area contributed by atoms with E-state index in [-0.39, 0.29) is 29.8 Å². The molecule has 0 radical (unpaired) electrons. The van der Waals surface area contributed by atoms with Crippen molar-refractivity contribution in [1.29, 1.82) is 0 Å². The molecule has 7 nitrogen and oxygen atoms in total. The van der Waals surface area contributed by atoms with Gasteiger partial charge in [-0.2, -0.15) is 0 Å². The van der Waals surface area contributed by atoms with E-state index < -0.39 is 0 Å². The number of nitrogens with zero attached hydrogens (tertiary/aromatic N) is 2. The summed E-state index contributed by atoms with van der Waals surface area (Å²) in [6, 6.07) is 14.0. The second kappa shape index (κ2) is 7.87. The van der Waals surface area contributed by atoms with Gasteiger partial charge in [0.05, 0.1) is 17.4 Å². The van der Waals surface area contributed by atoms with E-state index in [9.17, 15) is 14.4 Å². The molecular weight excluding hydrogens is 368 g/mol. The molecular formula is C22H22N4O3. The molecule has 0 aliphatic heterocycles. The van der Waals surface area contributed by atoms with Gasteiger partial charge in [0.15, 0.2) is 0 Å². The predicted molar refractivity (Wildman–Crippen MR) is 111 cm³/mol. The Hall–Kier alpha value is -3.48. The number of carbonyl (C=O) groups is 2. The molecule has 0 spiro atoms. The molecule has 1 fully saturated rings. The van der Waals surface area contributed by atoms with Crippen LogP contribution in [-0.2, 0) is 11.3 Å². The summed E-state index contributed by atoms with van der Waals surface area (Å²) >= 11 is 0. The van der Waals surface area contributed by atoms with Gasteiger partial charge in [0.2, 0.25) is 5.91 Å². The van der Waals surface area contributed by atoms with Crippen molar-refractivity contribution in [3.63, 3.8) is 0 Å². The maximum atomic E-state index is 12.9. The minimum Gasteiger partial charge on any atom is -0.331 e. The molecule has 1 heterocycles. The molecule has 2 aromatic carbocycles. The number of aromatic amines is 1. The third kappa shape index (κ3) is 4.18. The highest BCUT2D eigenvalue weighted by molar-refractivity contribution is 5.96. The van der Waals surface area contributed by atoms with Crippen molar-refractivity contribution in [1.82, 2.24) is 14.9 Å². The van der Waals surface area contributed by atoms with Gasteiger partial charge < -0.3 is 15.2 Å². The van der Waals surface area contributed by atoms with E-state index in [1.807, 2.05) is 13.0 Å². The number of amides is 2. The molecule has 1 aliphatic rings. The Morgan fingerprint density at radius 1 is 1.14 bits per heavy atom. The van der Waals surface area contributed by atoms with Crippen LogP contribution in [0.4, 0.5) is 5.69 Å². The highest BCUT2D eigenvalue weighted by Crippen LogP contribution is 2.30. The second-order valence-electron chi connectivity index (χ2n) is 7.19. The molecule has 3 aromatic rings. The number of aromatic nitrogens is 2. The minimum absolute atomic E-state index is 0.0330. The van der Waals surface area contributed by atoms with Crippen molar-refractivity contribution in [2.24, 2.45) is 5.92 Å². The van der Waals surface area contributed by atoms with Crippen molar-refractivity contribution >= 4 is 28.4 Å². The van der Waals surface area contributed by atoms with Crippen LogP contribution >= 0.6 is 0 Å². The summed E-state index contributed by atoms with van der Waals surface area (Å²) in [5.41, 5.74) is 1.58. The molecule has 0 saturated heterocycles. The van der Waals surface area contributed by atoms with Gasteiger partial charge in [0.25, 0.3) is 11.5 Å². The largest absolute Gasteiger partial charge is 0.331 e. The number of hydrogen-bond donors (Lipinski definition) is 2. The summed E-state index contributed by atoms with van der Waals surface area (Å²) in [7, 11) is 0. The Balaban J connectivity index is 1.49. The first-order chi connectivity index (χ1) is 14.0. The maximum Gasteiger partial charge on any atom is 0.258 e. The van der Waals surface area contributed by atoms with E-state index in [4.69, 9.17) is 0 Å². The molecule has 0 bridgehead atoms. The number of H-pyrrole nitrogens is 1. The van der Waals surface area contributed by atoms with E-state index in [0.717, 1.165) is 12.8 Å². The Morgan fingerprint density at radius 3 is 2.55 bits per heavy atom. The summed E-state index contributed by atoms with van der Waals surface area (Å²) in [5, 5.41) is 3.39. The number of benzene rings is 2. The molecule has 1 aromatic heterocycles. The average Bonchev–Trinajstić information content (AvgIpc) is 3.58. The first-order valence-corrected chi connectivity index (χ1v) is 9.73. The van der Waals surface area contributed by atoms with E-state index in [1.54, 1.807) is 47.4 Å². The highest BCUT2D eigenvalue weighted by Gasteiger charge is 2.29. The normalized spacial score (nSPS) is 13.3. The van der Waals surface area contributed by atoms with Crippen molar-refractivity contribution in [2.75, 3.05) is 11.9 Å². The molecule has 1 saturated carbocycles. The molecule has 7 heteroatoms. The number of para-hydroxylation sites is 1. The Kier molecular flexibility index (Phi) is 5.12. The van der Waals surface area contributed by atoms with Crippen LogP contribution in [0.1, 0.15) is 35.9 Å². The summed E-state index contributed by atoms with van der Waals surface area (Å²) in [6.07, 6.45) is 1.89. The van der Waals surface area contributed by atoms with E-state index >= 15 is 0 Å². The molecule has 0 unspecified atom stereocenters. The first-order valence-electron chi connectivity index (χ1n) is 9.73. The first kappa shape index (κ1) is 18.9. The molecule has 148 valence electrons. The zero-order chi connectivity index (χ0) is 20.4. The number of hydrogen-bond acceptors (Lipinski definition) is 4. The number of carbonyl (C=O) groups excluding carboxylic acids is 2. The molecule has 4 rings (SSSR count). The van der Waals surface area contributed by atoms with Gasteiger partial charge in [0, 0.05) is 23.7 Å². The van der Waals surface area contributed by atoms with Crippen molar-refractivity contribution in [3.8, 4) is 0 Å². The fourth-order valence-electron chi connectivity index (χ4n) is 3.19. The fourth-order valence-corrected chi connectivity index (χ4v) is 3.19. The zero-order valence-corrected chi connectivity index (χ0v) is 16.1. The van der Waals surface area contributed by atoms with Gasteiger partial charge >= 0.3 is 0 Å². The quantitative estimate of drug-likeness (QED) is 0.676. The van der Waals surface area contributed by atoms with Crippen LogP contribution in [-0.4, -0.2) is 33.2 Å². The molecule has 2 amide bonds. The van der Waals surface area contributed by atoms with Crippen LogP contribution in [0.3, 0.4) is 0 Å². The van der Waals surface area contributed by atoms with Crippen LogP contribution in [0.2, 0.25) is 0 Å². The Morgan fingerprint density at radius 2 is 1.86 bits per heavy atom. The van der Waals surface area contributed by atoms with Crippen LogP contribution in [0, 0.1) is 5.92 Å². The minimum atomic E-state index is -0.218. The lowest BCUT2D eigenvalue weighted by atomic mass is 10.1. The van der Waals surface area contributed by atoms with Crippen LogP contribution < -0.4 is 10.9 Å². The highest BCUT2D eigenvalue weighted by atomic mass is 16.2. The van der Waals surface area contributed by atoms with Crippen LogP contribution in [0.15, 0.2) is 53.3 Å². The number of nitrogens with one attached hydrogen (secondary N) is 2. The lowest BCUT2D eigenvalue weighted by molar-refractivity contribution is -0.117. The van der Waals surface area contributed by atoms with Crippen molar-refractivity contribution in [2.45, 2.75) is 26.3 Å². The Bertz CT molecular complexity index is 1120. The number of rotatable bonds is 6. The van der Waals surface area contributed by atoms with Crippen LogP contribution in [0.25, 0.3) is 10.9 Å². The third-order valence-electron chi connectivity index (χ3n) is 5.02. The fraction of sp³-hybridized carbons (Fsp3) is 0.273. The maximum absolute atomic E-state index is 12.9. The topological polar surface area (TPSA) is 95.2 Å². The van der Waals surface area contributed by atoms with Gasteiger partial charge in [-0.05, 0) is 56.2 Å². The molecule has 1 aliphatic carbocycles. The van der Waals surface area contributed by atoms with E-state index in [1.165, 1.54) is 0 Å². The molecule has 29 heavy (non-hydrogen) atoms. The SMILES string of the molecule is CCN(Cc1nc2ccccc2c(=O)[nH]1)C(=O)c1ccc(NC(=O)C2CC2)cc1. The van der Waals surface area contributed by atoms with Crippen molar-refractivity contribution in [3.05, 3.63) is 70.3 Å². The number of fused-ring (bicyclic) bond motifs is 1. The van der Waals surface area contributed by atoms with Gasteiger partial charge in [-0.25, -0.2) is 4.98 Å². The summed E-state index contributed by atoms with van der Waals surface area (Å²) in [6.45, 7) is 2.55. The van der Waals surface area contributed by atoms with E-state index in [0.29, 0.717) is 34.5 Å². The van der Waals surface area contributed by atoms with E-state index in [2.05, 4.69) is 15.3 Å². The predicted octanol–water partition coefficient (Wildman–Crippen LogP) is 2.93.